The van der Waals surface area contributed by atoms with Crippen LogP contribution in [-0.2, 0) is 0 Å². The number of carbonyl (C=O) groups is 1. The molecule has 0 unspecified atom stereocenters. The van der Waals surface area contributed by atoms with Crippen LogP contribution in [0.3, 0.4) is 0 Å². The Labute approximate surface area is 155 Å². The van der Waals surface area contributed by atoms with E-state index in [0.717, 1.165) is 16.7 Å². The van der Waals surface area contributed by atoms with E-state index in [1.54, 1.807) is 29.7 Å². The predicted molar refractivity (Wildman–Crippen MR) is 104 cm³/mol. The lowest BCUT2D eigenvalue weighted by Gasteiger charge is -2.09. The molecule has 0 aliphatic carbocycles. The number of hydroxylamine groups is 1. The van der Waals surface area contributed by atoms with Crippen LogP contribution in [0.25, 0.3) is 33.3 Å². The first-order valence-electron chi connectivity index (χ1n) is 8.40. The molecule has 0 aliphatic heterocycles. The van der Waals surface area contributed by atoms with Gasteiger partial charge in [-0.05, 0) is 35.4 Å². The summed E-state index contributed by atoms with van der Waals surface area (Å²) >= 11 is 0. The van der Waals surface area contributed by atoms with Crippen LogP contribution >= 0.6 is 0 Å². The van der Waals surface area contributed by atoms with Gasteiger partial charge in [0.05, 0.1) is 16.8 Å². The van der Waals surface area contributed by atoms with Crippen molar-refractivity contribution in [2.24, 2.45) is 0 Å². The molecule has 1 aromatic heterocycles. The van der Waals surface area contributed by atoms with Crippen molar-refractivity contribution in [2.75, 3.05) is 0 Å². The summed E-state index contributed by atoms with van der Waals surface area (Å²) in [6.07, 6.45) is 0. The zero-order valence-corrected chi connectivity index (χ0v) is 14.3. The third kappa shape index (κ3) is 3.23. The maximum Gasteiger partial charge on any atom is 0.275 e. The van der Waals surface area contributed by atoms with E-state index in [4.69, 9.17) is 5.21 Å². The number of phenols is 1. The normalized spacial score (nSPS) is 10.7. The van der Waals surface area contributed by atoms with Gasteiger partial charge in [0.1, 0.15) is 5.75 Å². The Balaban J connectivity index is 1.78. The van der Waals surface area contributed by atoms with Crippen LogP contribution in [0.4, 0.5) is 0 Å². The minimum atomic E-state index is -0.574. The Morgan fingerprint density at radius 2 is 1.41 bits per heavy atom. The molecule has 5 nitrogen and oxygen atoms in total. The number of carbonyl (C=O) groups excluding carboxylic acids is 1. The molecule has 1 amide bonds. The van der Waals surface area contributed by atoms with Crippen molar-refractivity contribution in [1.82, 2.24) is 10.5 Å². The summed E-state index contributed by atoms with van der Waals surface area (Å²) in [6.45, 7) is 0. The van der Waals surface area contributed by atoms with E-state index >= 15 is 0 Å². The number of benzene rings is 3. The fourth-order valence-corrected chi connectivity index (χ4v) is 3.06. The zero-order valence-electron chi connectivity index (χ0n) is 14.3. The monoisotopic (exact) mass is 356 g/mol. The highest BCUT2D eigenvalue weighted by Gasteiger charge is 2.13. The van der Waals surface area contributed by atoms with Gasteiger partial charge in [0, 0.05) is 10.9 Å². The van der Waals surface area contributed by atoms with Gasteiger partial charge >= 0.3 is 0 Å². The van der Waals surface area contributed by atoms with Gasteiger partial charge in [-0.3, -0.25) is 10.0 Å². The number of aromatic hydroxyl groups is 1. The second-order valence-electron chi connectivity index (χ2n) is 6.14. The fourth-order valence-electron chi connectivity index (χ4n) is 3.06. The van der Waals surface area contributed by atoms with Gasteiger partial charge in [-0.15, -0.1) is 0 Å². The third-order valence-corrected chi connectivity index (χ3v) is 4.44. The molecule has 0 saturated heterocycles. The van der Waals surface area contributed by atoms with Crippen molar-refractivity contribution in [3.63, 3.8) is 0 Å². The number of para-hydroxylation sites is 1. The number of nitrogens with zero attached hydrogens (tertiary/aromatic N) is 1. The average molecular weight is 356 g/mol. The highest BCUT2D eigenvalue weighted by molar-refractivity contribution is 6.06. The lowest BCUT2D eigenvalue weighted by atomic mass is 10.0. The van der Waals surface area contributed by atoms with Gasteiger partial charge < -0.3 is 5.11 Å². The largest absolute Gasteiger partial charge is 0.508 e. The molecule has 0 bridgehead atoms. The maximum atomic E-state index is 12.1. The number of aromatic nitrogens is 1. The van der Waals surface area contributed by atoms with Crippen molar-refractivity contribution < 1.29 is 15.1 Å². The van der Waals surface area contributed by atoms with E-state index in [9.17, 15) is 9.90 Å². The minimum absolute atomic E-state index is 0.227. The van der Waals surface area contributed by atoms with Gasteiger partial charge in [0.2, 0.25) is 0 Å². The Morgan fingerprint density at radius 3 is 2.07 bits per heavy atom. The van der Waals surface area contributed by atoms with Crippen molar-refractivity contribution >= 4 is 16.8 Å². The number of hydrogen-bond acceptors (Lipinski definition) is 4. The molecule has 3 aromatic carbocycles. The molecular weight excluding hydrogens is 340 g/mol. The minimum Gasteiger partial charge on any atom is -0.508 e. The lowest BCUT2D eigenvalue weighted by Crippen LogP contribution is -2.19. The van der Waals surface area contributed by atoms with Gasteiger partial charge in [0.25, 0.3) is 5.91 Å². The van der Waals surface area contributed by atoms with Crippen LogP contribution in [-0.4, -0.2) is 21.2 Å². The first kappa shape index (κ1) is 16.8. The molecule has 132 valence electrons. The van der Waals surface area contributed by atoms with E-state index in [1.807, 2.05) is 54.6 Å². The number of fused-ring (bicyclic) bond motifs is 1. The fraction of sp³-hybridized carbons (Fsp3) is 0. The molecular formula is C22H16N2O3. The Morgan fingerprint density at radius 1 is 0.815 bits per heavy atom. The van der Waals surface area contributed by atoms with Crippen LogP contribution in [0.15, 0.2) is 78.9 Å². The topological polar surface area (TPSA) is 82.5 Å². The first-order valence-corrected chi connectivity index (χ1v) is 8.40. The van der Waals surface area contributed by atoms with Gasteiger partial charge in [-0.1, -0.05) is 54.6 Å². The standard InChI is InChI=1S/C22H16N2O3/c25-17-11-9-15(10-12-17)14-5-7-16(8-6-14)21-13-19(22(26)24-27)18-3-1-2-4-20(18)23-21/h1-13,25,27H,(H,24,26). The summed E-state index contributed by atoms with van der Waals surface area (Å²) in [7, 11) is 0. The van der Waals surface area contributed by atoms with Crippen molar-refractivity contribution in [3.8, 4) is 28.1 Å². The highest BCUT2D eigenvalue weighted by Crippen LogP contribution is 2.28. The van der Waals surface area contributed by atoms with Crippen molar-refractivity contribution in [1.29, 1.82) is 0 Å². The number of pyridine rings is 1. The van der Waals surface area contributed by atoms with E-state index in [0.29, 0.717) is 22.2 Å². The highest BCUT2D eigenvalue weighted by atomic mass is 16.5. The first-order chi connectivity index (χ1) is 13.2. The molecule has 0 spiro atoms. The van der Waals surface area contributed by atoms with Crippen LogP contribution < -0.4 is 5.48 Å². The van der Waals surface area contributed by atoms with Gasteiger partial charge in [0.15, 0.2) is 0 Å². The maximum absolute atomic E-state index is 12.1. The molecule has 27 heavy (non-hydrogen) atoms. The molecule has 1 heterocycles. The molecule has 0 aliphatic rings. The molecule has 5 heteroatoms. The van der Waals surface area contributed by atoms with Gasteiger partial charge in [-0.2, -0.15) is 0 Å². The molecule has 4 rings (SSSR count). The quantitative estimate of drug-likeness (QED) is 0.375. The van der Waals surface area contributed by atoms with Crippen molar-refractivity contribution in [3.05, 3.63) is 84.4 Å². The number of rotatable bonds is 3. The van der Waals surface area contributed by atoms with Crippen LogP contribution in [0, 0.1) is 0 Å². The summed E-state index contributed by atoms with van der Waals surface area (Å²) in [5.41, 5.74) is 6.24. The smallest absolute Gasteiger partial charge is 0.275 e. The van der Waals surface area contributed by atoms with E-state index in [1.165, 1.54) is 0 Å². The molecule has 0 fully saturated rings. The predicted octanol–water partition coefficient (Wildman–Crippen LogP) is 4.39. The Kier molecular flexibility index (Phi) is 4.28. The van der Waals surface area contributed by atoms with Crippen LogP contribution in [0.5, 0.6) is 5.75 Å². The summed E-state index contributed by atoms with van der Waals surface area (Å²) in [4.78, 5) is 16.7. The molecule has 3 N–H and O–H groups in total. The Bertz CT molecular complexity index is 1120. The summed E-state index contributed by atoms with van der Waals surface area (Å²) in [6, 6.07) is 23.8. The third-order valence-electron chi connectivity index (χ3n) is 4.44. The SMILES string of the molecule is O=C(NO)c1cc(-c2ccc(-c3ccc(O)cc3)cc2)nc2ccccc12. The lowest BCUT2D eigenvalue weighted by molar-refractivity contribution is 0.0708. The summed E-state index contributed by atoms with van der Waals surface area (Å²) in [5, 5.41) is 19.1. The molecule has 0 atom stereocenters. The van der Waals surface area contributed by atoms with Crippen molar-refractivity contribution in [2.45, 2.75) is 0 Å². The Hall–Kier alpha value is -3.70. The van der Waals surface area contributed by atoms with E-state index in [2.05, 4.69) is 4.98 Å². The number of amides is 1. The second-order valence-corrected chi connectivity index (χ2v) is 6.14. The summed E-state index contributed by atoms with van der Waals surface area (Å²) < 4.78 is 0. The van der Waals surface area contributed by atoms with Crippen LogP contribution in [0.1, 0.15) is 10.4 Å². The number of nitrogens with one attached hydrogen (secondary N) is 1. The van der Waals surface area contributed by atoms with Gasteiger partial charge in [-0.25, -0.2) is 10.5 Å². The number of phenolic OH excluding ortho intramolecular Hbond substituents is 1. The number of hydrogen-bond donors (Lipinski definition) is 3. The molecule has 4 aromatic rings. The van der Waals surface area contributed by atoms with E-state index < -0.39 is 5.91 Å². The zero-order chi connectivity index (χ0) is 18.8. The molecule has 0 saturated carbocycles. The molecule has 0 radical (unpaired) electrons. The second kappa shape index (κ2) is 6.90. The average Bonchev–Trinajstić information content (AvgIpc) is 2.73. The summed E-state index contributed by atoms with van der Waals surface area (Å²) in [5.74, 6) is -0.346. The van der Waals surface area contributed by atoms with Crippen LogP contribution in [0.2, 0.25) is 0 Å². The van der Waals surface area contributed by atoms with E-state index in [-0.39, 0.29) is 5.75 Å².